The highest BCUT2D eigenvalue weighted by Crippen LogP contribution is 2.24. The zero-order valence-corrected chi connectivity index (χ0v) is 13.6. The average Bonchev–Trinajstić information content (AvgIpc) is 2.73. The highest BCUT2D eigenvalue weighted by molar-refractivity contribution is 5.85. The van der Waals surface area contributed by atoms with Crippen molar-refractivity contribution >= 4 is 21.9 Å². The fourth-order valence-electron chi connectivity index (χ4n) is 2.90. The quantitative estimate of drug-likeness (QED) is 0.489. The van der Waals surface area contributed by atoms with Gasteiger partial charge in [0.2, 0.25) is 0 Å². The maximum Gasteiger partial charge on any atom is 0.162 e. The third kappa shape index (κ3) is 2.53. The Labute approximate surface area is 148 Å². The molecule has 0 saturated carbocycles. The van der Waals surface area contributed by atoms with Crippen LogP contribution in [-0.2, 0) is 0 Å². The number of rotatable bonds is 2. The van der Waals surface area contributed by atoms with Crippen LogP contribution in [0, 0.1) is 0 Å². The second-order valence-electron chi connectivity index (χ2n) is 5.83. The molecule has 0 N–H and O–H groups in total. The minimum atomic E-state index is 0.619. The number of nitrogens with zero attached hydrogens (tertiary/aromatic N) is 6. The molecular weight excluding hydrogens is 324 g/mol. The Morgan fingerprint density at radius 1 is 0.654 bits per heavy atom. The van der Waals surface area contributed by atoms with Crippen LogP contribution in [0.15, 0.2) is 73.6 Å². The smallest absolute Gasteiger partial charge is 0.162 e. The molecule has 3 aromatic heterocycles. The molecule has 0 aliphatic heterocycles. The summed E-state index contributed by atoms with van der Waals surface area (Å²) in [7, 11) is 0. The highest BCUT2D eigenvalue weighted by Gasteiger charge is 2.07. The van der Waals surface area contributed by atoms with Crippen LogP contribution in [0.1, 0.15) is 0 Å². The maximum absolute atomic E-state index is 4.74. The molecule has 26 heavy (non-hydrogen) atoms. The van der Waals surface area contributed by atoms with Gasteiger partial charge >= 0.3 is 0 Å². The molecule has 122 valence electrons. The van der Waals surface area contributed by atoms with Gasteiger partial charge in [0.05, 0.1) is 28.4 Å². The first-order valence-electron chi connectivity index (χ1n) is 8.11. The molecule has 0 fully saturated rings. The van der Waals surface area contributed by atoms with E-state index >= 15 is 0 Å². The number of hydrogen-bond acceptors (Lipinski definition) is 6. The predicted molar refractivity (Wildman–Crippen MR) is 99.1 cm³/mol. The van der Waals surface area contributed by atoms with Crippen molar-refractivity contribution in [2.45, 2.75) is 0 Å². The van der Waals surface area contributed by atoms with E-state index in [4.69, 9.17) is 4.98 Å². The molecule has 0 aliphatic rings. The molecule has 6 nitrogen and oxygen atoms in total. The van der Waals surface area contributed by atoms with Gasteiger partial charge in [0.1, 0.15) is 12.7 Å². The molecule has 5 rings (SSSR count). The SMILES string of the molecule is c1cnc2cc(-c3cnc4cc(-c5ncncn5)ccc4n3)ccc2c1. The highest BCUT2D eigenvalue weighted by atomic mass is 15.0. The normalized spacial score (nSPS) is 11.1. The number of fused-ring (bicyclic) bond motifs is 2. The lowest BCUT2D eigenvalue weighted by molar-refractivity contribution is 1.06. The molecule has 5 aromatic rings. The van der Waals surface area contributed by atoms with Crippen molar-refractivity contribution in [2.75, 3.05) is 0 Å². The fourth-order valence-corrected chi connectivity index (χ4v) is 2.90. The standard InChI is InChI=1S/C20H12N6/c1-2-13-3-4-14(8-17(13)22-7-1)19-10-23-18-9-15(5-6-16(18)26-19)20-24-11-21-12-25-20/h1-12H. The van der Waals surface area contributed by atoms with E-state index in [0.717, 1.165) is 38.8 Å². The van der Waals surface area contributed by atoms with Crippen molar-refractivity contribution in [1.29, 1.82) is 0 Å². The van der Waals surface area contributed by atoms with Crippen molar-refractivity contribution in [3.8, 4) is 22.6 Å². The van der Waals surface area contributed by atoms with Gasteiger partial charge < -0.3 is 0 Å². The van der Waals surface area contributed by atoms with Crippen molar-refractivity contribution in [3.63, 3.8) is 0 Å². The van der Waals surface area contributed by atoms with Crippen LogP contribution in [0.3, 0.4) is 0 Å². The van der Waals surface area contributed by atoms with E-state index in [1.165, 1.54) is 12.7 Å². The lowest BCUT2D eigenvalue weighted by Gasteiger charge is -2.05. The summed E-state index contributed by atoms with van der Waals surface area (Å²) in [5.74, 6) is 0.619. The monoisotopic (exact) mass is 336 g/mol. The molecule has 2 aromatic carbocycles. The van der Waals surface area contributed by atoms with E-state index in [2.05, 4.69) is 24.9 Å². The Morgan fingerprint density at radius 3 is 2.42 bits per heavy atom. The number of benzene rings is 2. The summed E-state index contributed by atoms with van der Waals surface area (Å²) in [6.45, 7) is 0. The average molecular weight is 336 g/mol. The molecule has 3 heterocycles. The molecule has 0 spiro atoms. The summed E-state index contributed by atoms with van der Waals surface area (Å²) in [5, 5.41) is 1.10. The van der Waals surface area contributed by atoms with Crippen LogP contribution in [-0.4, -0.2) is 29.9 Å². The summed E-state index contributed by atoms with van der Waals surface area (Å²) >= 11 is 0. The second kappa shape index (κ2) is 5.93. The first-order valence-corrected chi connectivity index (χ1v) is 8.11. The van der Waals surface area contributed by atoms with Gasteiger partial charge in [-0.05, 0) is 30.3 Å². The zero-order valence-electron chi connectivity index (χ0n) is 13.6. The van der Waals surface area contributed by atoms with E-state index < -0.39 is 0 Å². The number of aromatic nitrogens is 6. The third-order valence-corrected chi connectivity index (χ3v) is 4.20. The van der Waals surface area contributed by atoms with Crippen LogP contribution < -0.4 is 0 Å². The second-order valence-corrected chi connectivity index (χ2v) is 5.83. The van der Waals surface area contributed by atoms with Crippen LogP contribution in [0.2, 0.25) is 0 Å². The van der Waals surface area contributed by atoms with Gasteiger partial charge in [0.15, 0.2) is 5.82 Å². The lowest BCUT2D eigenvalue weighted by atomic mass is 10.1. The van der Waals surface area contributed by atoms with Gasteiger partial charge in [-0.25, -0.2) is 19.9 Å². The van der Waals surface area contributed by atoms with Gasteiger partial charge in [-0.1, -0.05) is 18.2 Å². The Kier molecular flexibility index (Phi) is 3.31. The topological polar surface area (TPSA) is 77.3 Å². The van der Waals surface area contributed by atoms with Gasteiger partial charge in [-0.3, -0.25) is 9.97 Å². The molecule has 6 heteroatoms. The van der Waals surface area contributed by atoms with Crippen LogP contribution in [0.5, 0.6) is 0 Å². The van der Waals surface area contributed by atoms with Gasteiger partial charge in [0, 0.05) is 22.7 Å². The van der Waals surface area contributed by atoms with Gasteiger partial charge in [0.25, 0.3) is 0 Å². The molecule has 0 saturated heterocycles. The predicted octanol–water partition coefficient (Wildman–Crippen LogP) is 3.70. The molecular formula is C20H12N6. The zero-order chi connectivity index (χ0) is 17.3. The summed E-state index contributed by atoms with van der Waals surface area (Å²) in [6.07, 6.45) is 6.54. The van der Waals surface area contributed by atoms with E-state index in [1.807, 2.05) is 48.5 Å². The molecule has 0 unspecified atom stereocenters. The Morgan fingerprint density at radius 2 is 1.50 bits per heavy atom. The first-order chi connectivity index (χ1) is 12.9. The molecule has 0 radical (unpaired) electrons. The lowest BCUT2D eigenvalue weighted by Crippen LogP contribution is -1.92. The largest absolute Gasteiger partial charge is 0.256 e. The van der Waals surface area contributed by atoms with Crippen molar-refractivity contribution in [3.05, 3.63) is 73.6 Å². The minimum Gasteiger partial charge on any atom is -0.256 e. The van der Waals surface area contributed by atoms with Crippen LogP contribution in [0.25, 0.3) is 44.6 Å². The van der Waals surface area contributed by atoms with Gasteiger partial charge in [-0.2, -0.15) is 0 Å². The number of pyridine rings is 1. The maximum atomic E-state index is 4.74. The molecule has 0 aliphatic carbocycles. The van der Waals surface area contributed by atoms with E-state index in [0.29, 0.717) is 5.82 Å². The van der Waals surface area contributed by atoms with E-state index in [9.17, 15) is 0 Å². The summed E-state index contributed by atoms with van der Waals surface area (Å²) in [6, 6.07) is 15.9. The van der Waals surface area contributed by atoms with E-state index in [-0.39, 0.29) is 0 Å². The fraction of sp³-hybridized carbons (Fsp3) is 0. The van der Waals surface area contributed by atoms with Crippen molar-refractivity contribution < 1.29 is 0 Å². The third-order valence-electron chi connectivity index (χ3n) is 4.20. The number of hydrogen-bond donors (Lipinski definition) is 0. The molecule has 0 bridgehead atoms. The Balaban J connectivity index is 1.59. The minimum absolute atomic E-state index is 0.619. The van der Waals surface area contributed by atoms with Crippen LogP contribution >= 0.6 is 0 Å². The van der Waals surface area contributed by atoms with Crippen molar-refractivity contribution in [2.24, 2.45) is 0 Å². The molecule has 0 amide bonds. The molecule has 0 atom stereocenters. The Hall–Kier alpha value is -3.80. The van der Waals surface area contributed by atoms with Gasteiger partial charge in [-0.15, -0.1) is 0 Å². The Bertz CT molecular complexity index is 1240. The van der Waals surface area contributed by atoms with E-state index in [1.54, 1.807) is 12.4 Å². The van der Waals surface area contributed by atoms with Crippen LogP contribution in [0.4, 0.5) is 0 Å². The summed E-state index contributed by atoms with van der Waals surface area (Å²) < 4.78 is 0. The summed E-state index contributed by atoms with van der Waals surface area (Å²) in [4.78, 5) is 25.9. The van der Waals surface area contributed by atoms with Crippen molar-refractivity contribution in [1.82, 2.24) is 29.9 Å². The summed E-state index contributed by atoms with van der Waals surface area (Å²) in [5.41, 5.74) is 5.26. The first kappa shape index (κ1) is 14.5.